The van der Waals surface area contributed by atoms with E-state index in [0.29, 0.717) is 19.3 Å². The molecule has 264 valence electrons. The molecule has 0 aliphatic rings. The lowest BCUT2D eigenvalue weighted by molar-refractivity contribution is -0.161. The van der Waals surface area contributed by atoms with E-state index >= 15 is 0 Å². The van der Waals surface area contributed by atoms with E-state index in [9.17, 15) is 14.2 Å². The van der Waals surface area contributed by atoms with Gasteiger partial charge in [0.05, 0.1) is 6.61 Å². The molecule has 0 aliphatic carbocycles. The van der Waals surface area contributed by atoms with Gasteiger partial charge in [-0.2, -0.15) is 0 Å². The van der Waals surface area contributed by atoms with Crippen LogP contribution in [0.3, 0.4) is 0 Å². The molecule has 0 radical (unpaired) electrons. The van der Waals surface area contributed by atoms with Crippen molar-refractivity contribution >= 4 is 19.8 Å². The van der Waals surface area contributed by atoms with Crippen molar-refractivity contribution in [3.8, 4) is 0 Å². The zero-order chi connectivity index (χ0) is 34.0. The summed E-state index contributed by atoms with van der Waals surface area (Å²) >= 11 is 0. The SMILES string of the molecule is CC/C=C\C/C=C\C/C=C\C/C=C\C/C=C\CCCC(=O)OC(COC(=O)CCCCCCCCCCCCC)COP(=O)(O)O. The number of allylic oxidation sites excluding steroid dienone is 10. The lowest BCUT2D eigenvalue weighted by Gasteiger charge is -2.18. The number of esters is 2. The summed E-state index contributed by atoms with van der Waals surface area (Å²) in [6.07, 6.45) is 39.5. The van der Waals surface area contributed by atoms with Crippen molar-refractivity contribution in [1.82, 2.24) is 0 Å². The predicted octanol–water partition coefficient (Wildman–Crippen LogP) is 10.2. The lowest BCUT2D eigenvalue weighted by atomic mass is 10.1. The smallest absolute Gasteiger partial charge is 0.462 e. The third-order valence-electron chi connectivity index (χ3n) is 7.05. The van der Waals surface area contributed by atoms with Gasteiger partial charge in [-0.3, -0.25) is 14.1 Å². The van der Waals surface area contributed by atoms with E-state index in [4.69, 9.17) is 19.3 Å². The second-order valence-electron chi connectivity index (χ2n) is 11.5. The van der Waals surface area contributed by atoms with E-state index in [1.165, 1.54) is 51.4 Å². The minimum absolute atomic E-state index is 0.132. The molecule has 46 heavy (non-hydrogen) atoms. The molecule has 0 aromatic heterocycles. The predicted molar refractivity (Wildman–Crippen MR) is 188 cm³/mol. The quantitative estimate of drug-likeness (QED) is 0.0325. The fourth-order valence-corrected chi connectivity index (χ4v) is 4.83. The van der Waals surface area contributed by atoms with Crippen LogP contribution in [-0.4, -0.2) is 41.0 Å². The summed E-state index contributed by atoms with van der Waals surface area (Å²) in [4.78, 5) is 42.5. The summed E-state index contributed by atoms with van der Waals surface area (Å²) < 4.78 is 26.2. The zero-order valence-electron chi connectivity index (χ0n) is 28.7. The molecule has 0 heterocycles. The van der Waals surface area contributed by atoms with E-state index in [0.717, 1.165) is 44.9 Å². The van der Waals surface area contributed by atoms with Gasteiger partial charge < -0.3 is 19.3 Å². The van der Waals surface area contributed by atoms with Crippen LogP contribution in [0.25, 0.3) is 0 Å². The Morgan fingerprint density at radius 2 is 1.04 bits per heavy atom. The third kappa shape index (κ3) is 34.6. The van der Waals surface area contributed by atoms with Crippen LogP contribution in [0.1, 0.15) is 142 Å². The van der Waals surface area contributed by atoms with Gasteiger partial charge in [0.15, 0.2) is 6.10 Å². The molecule has 0 bridgehead atoms. The van der Waals surface area contributed by atoms with Gasteiger partial charge in [0.1, 0.15) is 6.61 Å². The van der Waals surface area contributed by atoms with Crippen molar-refractivity contribution in [3.05, 3.63) is 60.8 Å². The van der Waals surface area contributed by atoms with E-state index in [-0.39, 0.29) is 19.4 Å². The monoisotopic (exact) mass is 666 g/mol. The Kier molecular flexibility index (Phi) is 31.1. The summed E-state index contributed by atoms with van der Waals surface area (Å²) in [7, 11) is -4.76. The maximum atomic E-state index is 12.3. The highest BCUT2D eigenvalue weighted by atomic mass is 31.2. The molecular weight excluding hydrogens is 603 g/mol. The highest BCUT2D eigenvalue weighted by molar-refractivity contribution is 7.46. The number of rotatable bonds is 31. The van der Waals surface area contributed by atoms with Gasteiger partial charge in [-0.1, -0.05) is 139 Å². The van der Waals surface area contributed by atoms with E-state index in [1.807, 2.05) is 12.2 Å². The average Bonchev–Trinajstić information content (AvgIpc) is 3.02. The van der Waals surface area contributed by atoms with Crippen LogP contribution in [0.15, 0.2) is 60.8 Å². The summed E-state index contributed by atoms with van der Waals surface area (Å²) in [6, 6.07) is 0. The highest BCUT2D eigenvalue weighted by Crippen LogP contribution is 2.35. The van der Waals surface area contributed by atoms with Crippen LogP contribution in [0.2, 0.25) is 0 Å². The first kappa shape index (κ1) is 43.8. The van der Waals surface area contributed by atoms with E-state index in [1.54, 1.807) is 0 Å². The lowest BCUT2D eigenvalue weighted by Crippen LogP contribution is -2.29. The van der Waals surface area contributed by atoms with Crippen LogP contribution in [0.5, 0.6) is 0 Å². The molecule has 1 unspecified atom stereocenters. The molecule has 0 saturated heterocycles. The van der Waals surface area contributed by atoms with Gasteiger partial charge >= 0.3 is 19.8 Å². The zero-order valence-corrected chi connectivity index (χ0v) is 29.6. The molecule has 1 atom stereocenters. The van der Waals surface area contributed by atoms with Crippen LogP contribution in [0.4, 0.5) is 0 Å². The maximum Gasteiger partial charge on any atom is 0.469 e. The molecule has 0 aromatic rings. The summed E-state index contributed by atoms with van der Waals surface area (Å²) in [6.45, 7) is 3.49. The number of ether oxygens (including phenoxy) is 2. The Labute approximate surface area is 279 Å². The first-order valence-corrected chi connectivity index (χ1v) is 19.1. The Hall–Kier alpha value is -2.25. The van der Waals surface area contributed by atoms with Crippen LogP contribution < -0.4 is 0 Å². The van der Waals surface area contributed by atoms with Crippen molar-refractivity contribution in [3.63, 3.8) is 0 Å². The number of hydrogen-bond donors (Lipinski definition) is 2. The normalized spacial score (nSPS) is 13.2. The number of carbonyl (C=O) groups excluding carboxylic acids is 2. The highest BCUT2D eigenvalue weighted by Gasteiger charge is 2.22. The Balaban J connectivity index is 4.13. The van der Waals surface area contributed by atoms with Crippen molar-refractivity contribution in [1.29, 1.82) is 0 Å². The van der Waals surface area contributed by atoms with Gasteiger partial charge in [0.25, 0.3) is 0 Å². The van der Waals surface area contributed by atoms with Crippen molar-refractivity contribution < 1.29 is 37.9 Å². The fourth-order valence-electron chi connectivity index (χ4n) is 4.47. The Morgan fingerprint density at radius 3 is 1.54 bits per heavy atom. The Bertz CT molecular complexity index is 932. The first-order valence-electron chi connectivity index (χ1n) is 17.6. The van der Waals surface area contributed by atoms with Crippen molar-refractivity contribution in [2.24, 2.45) is 0 Å². The van der Waals surface area contributed by atoms with Gasteiger partial charge in [0, 0.05) is 12.8 Å². The number of phosphoric ester groups is 1. The molecule has 2 N–H and O–H groups in total. The van der Waals surface area contributed by atoms with Crippen LogP contribution in [-0.2, 0) is 28.2 Å². The standard InChI is InChI=1S/C37H63O8P/c1-3-5-7-9-11-13-15-16-17-18-19-20-22-24-26-28-30-32-37(39)45-35(34-44-46(40,41)42)33-43-36(38)31-29-27-25-23-21-14-12-10-8-6-4-2/h5,7,11,13,16-17,19-20,24,26,35H,3-4,6,8-10,12,14-15,18,21-23,25,27-34H2,1-2H3,(H2,40,41,42)/b7-5-,13-11-,17-16-,20-19-,26-24-. The van der Waals surface area contributed by atoms with Crippen LogP contribution in [0, 0.1) is 0 Å². The van der Waals surface area contributed by atoms with Gasteiger partial charge in [-0.25, -0.2) is 4.57 Å². The molecule has 0 saturated carbocycles. The second-order valence-corrected chi connectivity index (χ2v) is 12.7. The van der Waals surface area contributed by atoms with Gasteiger partial charge in [0.2, 0.25) is 0 Å². The van der Waals surface area contributed by atoms with Gasteiger partial charge in [-0.05, 0) is 51.4 Å². The molecule has 0 fully saturated rings. The fraction of sp³-hybridized carbons (Fsp3) is 0.676. The molecule has 9 heteroatoms. The van der Waals surface area contributed by atoms with E-state index < -0.39 is 32.5 Å². The molecular formula is C37H63O8P. The minimum atomic E-state index is -4.76. The maximum absolute atomic E-state index is 12.3. The minimum Gasteiger partial charge on any atom is -0.462 e. The largest absolute Gasteiger partial charge is 0.469 e. The number of phosphoric acid groups is 1. The topological polar surface area (TPSA) is 119 Å². The second kappa shape index (κ2) is 32.7. The third-order valence-corrected chi connectivity index (χ3v) is 7.54. The summed E-state index contributed by atoms with van der Waals surface area (Å²) in [5.41, 5.74) is 0. The molecule has 0 amide bonds. The summed E-state index contributed by atoms with van der Waals surface area (Å²) in [5.74, 6) is -0.959. The van der Waals surface area contributed by atoms with Crippen LogP contribution >= 0.6 is 7.82 Å². The molecule has 0 aliphatic heterocycles. The molecule has 8 nitrogen and oxygen atoms in total. The van der Waals surface area contributed by atoms with E-state index in [2.05, 4.69) is 67.0 Å². The molecule has 0 aromatic carbocycles. The van der Waals surface area contributed by atoms with Gasteiger partial charge in [-0.15, -0.1) is 0 Å². The molecule has 0 spiro atoms. The Morgan fingerprint density at radius 1 is 0.587 bits per heavy atom. The number of carbonyl (C=O) groups is 2. The first-order chi connectivity index (χ1) is 22.3. The van der Waals surface area contributed by atoms with Crippen molar-refractivity contribution in [2.45, 2.75) is 148 Å². The number of hydrogen-bond acceptors (Lipinski definition) is 6. The summed E-state index contributed by atoms with van der Waals surface area (Å²) in [5, 5.41) is 0. The number of unbranched alkanes of at least 4 members (excludes halogenated alkanes) is 11. The molecule has 0 rings (SSSR count). The van der Waals surface area contributed by atoms with Crippen molar-refractivity contribution in [2.75, 3.05) is 13.2 Å². The average molecular weight is 667 g/mol.